The van der Waals surface area contributed by atoms with Crippen LogP contribution in [0.4, 0.5) is 0 Å². The molecule has 0 atom stereocenters. The molecule has 0 saturated carbocycles. The van der Waals surface area contributed by atoms with Gasteiger partial charge in [0.15, 0.2) is 0 Å². The first-order valence-corrected chi connectivity index (χ1v) is 9.31. The molecule has 0 fully saturated rings. The van der Waals surface area contributed by atoms with Gasteiger partial charge < -0.3 is 4.57 Å². The van der Waals surface area contributed by atoms with Crippen LogP contribution < -0.4 is 0 Å². The van der Waals surface area contributed by atoms with E-state index in [1.807, 2.05) is 0 Å². The van der Waals surface area contributed by atoms with E-state index in [0.29, 0.717) is 0 Å². The monoisotopic (exact) mass is 337 g/mol. The molecule has 0 spiro atoms. The fraction of sp³-hybridized carbons (Fsp3) is 0.200. The van der Waals surface area contributed by atoms with Gasteiger partial charge >= 0.3 is 0 Å². The van der Waals surface area contributed by atoms with Crippen molar-refractivity contribution in [2.24, 2.45) is 0 Å². The summed E-state index contributed by atoms with van der Waals surface area (Å²) in [6, 6.07) is 24.3. The molecule has 1 aliphatic carbocycles. The number of hydrogen-bond acceptors (Lipinski definition) is 0. The van der Waals surface area contributed by atoms with Gasteiger partial charge in [0.05, 0.1) is 11.0 Å². The van der Waals surface area contributed by atoms with Gasteiger partial charge in [-0.2, -0.15) is 0 Å². The second-order valence-electron chi connectivity index (χ2n) is 7.98. The highest BCUT2D eigenvalue weighted by Gasteiger charge is 2.34. The van der Waals surface area contributed by atoms with Crippen LogP contribution in [0.25, 0.3) is 33.1 Å². The third kappa shape index (κ3) is 1.86. The van der Waals surface area contributed by atoms with Crippen LogP contribution in [0.2, 0.25) is 0 Å². The van der Waals surface area contributed by atoms with Crippen molar-refractivity contribution in [2.75, 3.05) is 0 Å². The summed E-state index contributed by atoms with van der Waals surface area (Å²) in [4.78, 5) is 0. The van der Waals surface area contributed by atoms with Gasteiger partial charge in [-0.25, -0.2) is 0 Å². The number of aromatic nitrogens is 1. The summed E-state index contributed by atoms with van der Waals surface area (Å²) in [5.74, 6) is 0. The van der Waals surface area contributed by atoms with Gasteiger partial charge in [0.25, 0.3) is 0 Å². The normalized spacial score (nSPS) is 15.8. The van der Waals surface area contributed by atoms with Crippen LogP contribution in [0.5, 0.6) is 0 Å². The van der Waals surface area contributed by atoms with Crippen LogP contribution in [-0.2, 0) is 5.41 Å². The van der Waals surface area contributed by atoms with Gasteiger partial charge in [-0.15, -0.1) is 0 Å². The first-order valence-electron chi connectivity index (χ1n) is 9.31. The number of rotatable bonds is 1. The molecule has 0 aliphatic heterocycles. The Morgan fingerprint density at radius 1 is 0.731 bits per heavy atom. The molecule has 1 aliphatic rings. The minimum Gasteiger partial charge on any atom is -0.309 e. The van der Waals surface area contributed by atoms with Crippen LogP contribution in [0.1, 0.15) is 38.8 Å². The van der Waals surface area contributed by atoms with E-state index in [2.05, 4.69) is 99.0 Å². The molecule has 26 heavy (non-hydrogen) atoms. The number of fused-ring (bicyclic) bond motifs is 4. The molecule has 3 aromatic carbocycles. The van der Waals surface area contributed by atoms with Crippen LogP contribution in [0, 0.1) is 0 Å². The number of allylic oxidation sites excluding steroid dienone is 2. The third-order valence-corrected chi connectivity index (χ3v) is 6.40. The molecule has 1 heterocycles. The standard InChI is InChI=1S/C25H23N/c1-16-17(2)25(3,4)22-14-21-19-12-8-9-13-23(19)26(24(21)15-20(16)22)18-10-6-5-7-11-18/h5-15H,1-4H3. The van der Waals surface area contributed by atoms with Crippen LogP contribution in [-0.4, -0.2) is 4.57 Å². The van der Waals surface area contributed by atoms with E-state index in [1.54, 1.807) is 0 Å². The van der Waals surface area contributed by atoms with Crippen molar-refractivity contribution >= 4 is 27.4 Å². The Labute approximate surface area is 154 Å². The molecule has 0 N–H and O–H groups in total. The molecule has 0 amide bonds. The molecule has 0 saturated heterocycles. The number of nitrogens with zero attached hydrogens (tertiary/aromatic N) is 1. The zero-order valence-corrected chi connectivity index (χ0v) is 15.8. The first-order chi connectivity index (χ1) is 12.5. The van der Waals surface area contributed by atoms with Crippen LogP contribution >= 0.6 is 0 Å². The Bertz CT molecular complexity index is 1200. The van der Waals surface area contributed by atoms with E-state index < -0.39 is 0 Å². The first kappa shape index (κ1) is 15.5. The molecule has 5 rings (SSSR count). The maximum atomic E-state index is 2.44. The van der Waals surface area contributed by atoms with E-state index in [-0.39, 0.29) is 5.41 Å². The quantitative estimate of drug-likeness (QED) is 0.357. The van der Waals surface area contributed by atoms with Crippen LogP contribution in [0.15, 0.2) is 72.3 Å². The fourth-order valence-electron chi connectivity index (χ4n) is 4.57. The minimum atomic E-state index is 0.101. The maximum absolute atomic E-state index is 2.44. The van der Waals surface area contributed by atoms with Crippen LogP contribution in [0.3, 0.4) is 0 Å². The van der Waals surface area contributed by atoms with Crippen molar-refractivity contribution in [3.63, 3.8) is 0 Å². The zero-order chi connectivity index (χ0) is 18.1. The second kappa shape index (κ2) is 5.11. The molecule has 0 radical (unpaired) electrons. The van der Waals surface area contributed by atoms with Crippen molar-refractivity contribution < 1.29 is 0 Å². The van der Waals surface area contributed by atoms with Crippen molar-refractivity contribution in [3.05, 3.63) is 83.4 Å². The molecule has 0 bridgehead atoms. The summed E-state index contributed by atoms with van der Waals surface area (Å²) in [7, 11) is 0. The smallest absolute Gasteiger partial charge is 0.0547 e. The maximum Gasteiger partial charge on any atom is 0.0547 e. The zero-order valence-electron chi connectivity index (χ0n) is 15.8. The molecular weight excluding hydrogens is 314 g/mol. The lowest BCUT2D eigenvalue weighted by atomic mass is 9.81. The molecule has 128 valence electrons. The van der Waals surface area contributed by atoms with Gasteiger partial charge in [0, 0.05) is 21.9 Å². The lowest BCUT2D eigenvalue weighted by Crippen LogP contribution is -2.15. The average Bonchev–Trinajstić information content (AvgIpc) is 3.07. The highest BCUT2D eigenvalue weighted by Crippen LogP contribution is 2.48. The van der Waals surface area contributed by atoms with Gasteiger partial charge in [-0.3, -0.25) is 0 Å². The molecule has 1 nitrogen and oxygen atoms in total. The molecule has 1 aromatic heterocycles. The summed E-state index contributed by atoms with van der Waals surface area (Å²) in [5, 5.41) is 2.67. The Kier molecular flexibility index (Phi) is 3.04. The SMILES string of the molecule is CC1=C(C)C(C)(C)c2cc3c4ccccc4n(-c4ccccc4)c3cc21. The van der Waals surface area contributed by atoms with Crippen molar-refractivity contribution in [3.8, 4) is 5.69 Å². The van der Waals surface area contributed by atoms with Crippen molar-refractivity contribution in [1.82, 2.24) is 4.57 Å². The Morgan fingerprint density at radius 3 is 2.19 bits per heavy atom. The summed E-state index contributed by atoms with van der Waals surface area (Å²) in [6.45, 7) is 9.24. The Balaban J connectivity index is 1.97. The minimum absolute atomic E-state index is 0.101. The predicted octanol–water partition coefficient (Wildman–Crippen LogP) is 6.87. The van der Waals surface area contributed by atoms with Gasteiger partial charge in [0.2, 0.25) is 0 Å². The van der Waals surface area contributed by atoms with E-state index in [4.69, 9.17) is 0 Å². The fourth-order valence-corrected chi connectivity index (χ4v) is 4.57. The summed E-state index contributed by atoms with van der Waals surface area (Å²) in [5.41, 5.74) is 9.65. The number of hydrogen-bond donors (Lipinski definition) is 0. The van der Waals surface area contributed by atoms with E-state index >= 15 is 0 Å². The summed E-state index contributed by atoms with van der Waals surface area (Å²) in [6.07, 6.45) is 0. The lowest BCUT2D eigenvalue weighted by Gasteiger charge is -2.22. The van der Waals surface area contributed by atoms with Gasteiger partial charge in [0.1, 0.15) is 0 Å². The third-order valence-electron chi connectivity index (χ3n) is 6.40. The summed E-state index contributed by atoms with van der Waals surface area (Å²) >= 11 is 0. The number of benzene rings is 3. The van der Waals surface area contributed by atoms with Gasteiger partial charge in [-0.05, 0) is 60.9 Å². The van der Waals surface area contributed by atoms with E-state index in [0.717, 1.165) is 0 Å². The predicted molar refractivity (Wildman–Crippen MR) is 112 cm³/mol. The summed E-state index contributed by atoms with van der Waals surface area (Å²) < 4.78 is 2.40. The van der Waals surface area contributed by atoms with E-state index in [9.17, 15) is 0 Å². The molecule has 4 aromatic rings. The van der Waals surface area contributed by atoms with E-state index in [1.165, 1.54) is 49.8 Å². The Hall–Kier alpha value is -2.80. The Morgan fingerprint density at radius 2 is 1.42 bits per heavy atom. The topological polar surface area (TPSA) is 4.93 Å². The molecular formula is C25H23N. The van der Waals surface area contributed by atoms with Crippen molar-refractivity contribution in [2.45, 2.75) is 33.1 Å². The van der Waals surface area contributed by atoms with Crippen molar-refractivity contribution in [1.29, 1.82) is 0 Å². The second-order valence-corrected chi connectivity index (χ2v) is 7.98. The highest BCUT2D eigenvalue weighted by molar-refractivity contribution is 6.10. The number of para-hydroxylation sites is 2. The largest absolute Gasteiger partial charge is 0.309 e. The van der Waals surface area contributed by atoms with Gasteiger partial charge in [-0.1, -0.05) is 55.8 Å². The molecule has 1 heteroatoms. The average molecular weight is 337 g/mol. The molecule has 0 unspecified atom stereocenters. The lowest BCUT2D eigenvalue weighted by molar-refractivity contribution is 0.639. The highest BCUT2D eigenvalue weighted by atomic mass is 15.0.